The summed E-state index contributed by atoms with van der Waals surface area (Å²) >= 11 is 0. The Morgan fingerprint density at radius 3 is 2.81 bits per heavy atom. The van der Waals surface area contributed by atoms with E-state index in [-0.39, 0.29) is 23.9 Å². The summed E-state index contributed by atoms with van der Waals surface area (Å²) in [4.78, 5) is 25.5. The van der Waals surface area contributed by atoms with Crippen molar-refractivity contribution < 1.29 is 4.79 Å². The number of aryl methyl sites for hydroxylation is 1. The second-order valence-electron chi connectivity index (χ2n) is 6.36. The van der Waals surface area contributed by atoms with E-state index in [9.17, 15) is 9.59 Å². The second kappa shape index (κ2) is 7.94. The van der Waals surface area contributed by atoms with Crippen LogP contribution in [0.3, 0.4) is 0 Å². The van der Waals surface area contributed by atoms with Crippen LogP contribution in [0, 0.1) is 0 Å². The number of carbonyl (C=O) groups is 1. The number of aromatic nitrogens is 3. The predicted molar refractivity (Wildman–Crippen MR) is 105 cm³/mol. The van der Waals surface area contributed by atoms with Crippen LogP contribution in [0.4, 0.5) is 0 Å². The molecule has 0 bridgehead atoms. The van der Waals surface area contributed by atoms with Gasteiger partial charge >= 0.3 is 0 Å². The molecule has 1 aliphatic rings. The summed E-state index contributed by atoms with van der Waals surface area (Å²) in [7, 11) is 0. The number of nitrogens with one attached hydrogen (secondary N) is 2. The lowest BCUT2D eigenvalue weighted by Crippen LogP contribution is -2.36. The maximum Gasteiger partial charge on any atom is 0.279 e. The lowest BCUT2D eigenvalue weighted by atomic mass is 10.1. The van der Waals surface area contributed by atoms with Crippen molar-refractivity contribution in [1.29, 1.82) is 0 Å². The van der Waals surface area contributed by atoms with Gasteiger partial charge in [-0.25, -0.2) is 0 Å². The Kier molecular flexibility index (Phi) is 5.62. The zero-order valence-electron chi connectivity index (χ0n) is 15.1. The molecule has 1 aromatic carbocycles. The van der Waals surface area contributed by atoms with Crippen LogP contribution in [0.25, 0.3) is 5.65 Å². The first-order chi connectivity index (χ1) is 12.7. The maximum absolute atomic E-state index is 12.8. The molecule has 3 aromatic rings. The fraction of sp³-hybridized carbons (Fsp3) is 0.316. The van der Waals surface area contributed by atoms with E-state index < -0.39 is 0 Å². The molecule has 0 fully saturated rings. The molecule has 7 nitrogen and oxygen atoms in total. The van der Waals surface area contributed by atoms with Crippen molar-refractivity contribution in [3.63, 3.8) is 0 Å². The van der Waals surface area contributed by atoms with E-state index in [4.69, 9.17) is 0 Å². The van der Waals surface area contributed by atoms with Crippen molar-refractivity contribution in [1.82, 2.24) is 24.8 Å². The number of benzene rings is 1. The number of hydrogen-bond donors (Lipinski definition) is 2. The van der Waals surface area contributed by atoms with Crippen LogP contribution in [0.2, 0.25) is 0 Å². The topological polar surface area (TPSA) is 80.4 Å². The summed E-state index contributed by atoms with van der Waals surface area (Å²) in [6.45, 7) is 4.50. The Morgan fingerprint density at radius 1 is 1.30 bits per heavy atom. The number of rotatable bonds is 4. The van der Waals surface area contributed by atoms with E-state index in [1.54, 1.807) is 0 Å². The van der Waals surface area contributed by atoms with E-state index in [0.717, 1.165) is 29.8 Å². The number of nitrogens with zero attached hydrogens (tertiary/aromatic N) is 3. The SMILES string of the molecule is CCn1c2c(c(=O)n3ncc(C(=O)NCc4ccccc4)c13)CNCC2.Cl. The van der Waals surface area contributed by atoms with E-state index in [0.29, 0.717) is 30.8 Å². The molecule has 0 aliphatic carbocycles. The largest absolute Gasteiger partial charge is 0.348 e. The molecule has 0 atom stereocenters. The minimum Gasteiger partial charge on any atom is -0.348 e. The number of carbonyl (C=O) groups excluding carboxylic acids is 1. The third-order valence-electron chi connectivity index (χ3n) is 4.82. The maximum atomic E-state index is 12.8. The van der Waals surface area contributed by atoms with E-state index in [1.807, 2.05) is 41.8 Å². The van der Waals surface area contributed by atoms with Crippen molar-refractivity contribution in [2.75, 3.05) is 6.54 Å². The fourth-order valence-electron chi connectivity index (χ4n) is 3.55. The highest BCUT2D eigenvalue weighted by atomic mass is 35.5. The van der Waals surface area contributed by atoms with Gasteiger partial charge in [0.2, 0.25) is 0 Å². The average molecular weight is 388 g/mol. The van der Waals surface area contributed by atoms with Crippen molar-refractivity contribution in [2.24, 2.45) is 0 Å². The molecular weight excluding hydrogens is 366 g/mol. The van der Waals surface area contributed by atoms with Crippen LogP contribution in [0.5, 0.6) is 0 Å². The van der Waals surface area contributed by atoms with Gasteiger partial charge in [-0.2, -0.15) is 9.61 Å². The minimum absolute atomic E-state index is 0. The Bertz CT molecular complexity index is 1030. The molecule has 2 N–H and O–H groups in total. The second-order valence-corrected chi connectivity index (χ2v) is 6.36. The molecule has 0 spiro atoms. The van der Waals surface area contributed by atoms with Crippen molar-refractivity contribution in [3.8, 4) is 0 Å². The highest BCUT2D eigenvalue weighted by Crippen LogP contribution is 2.17. The van der Waals surface area contributed by atoms with Crippen molar-refractivity contribution in [2.45, 2.75) is 33.0 Å². The first-order valence-electron chi connectivity index (χ1n) is 8.85. The zero-order valence-corrected chi connectivity index (χ0v) is 15.9. The monoisotopic (exact) mass is 387 g/mol. The van der Waals surface area contributed by atoms with Gasteiger partial charge in [-0.05, 0) is 12.5 Å². The van der Waals surface area contributed by atoms with Crippen LogP contribution in [-0.4, -0.2) is 26.6 Å². The molecule has 1 amide bonds. The van der Waals surface area contributed by atoms with Crippen LogP contribution in [0.1, 0.15) is 34.1 Å². The Balaban J connectivity index is 0.00000210. The first kappa shape index (κ1) is 19.1. The molecule has 142 valence electrons. The van der Waals surface area contributed by atoms with Crippen molar-refractivity contribution >= 4 is 24.0 Å². The van der Waals surface area contributed by atoms with Gasteiger partial charge in [0, 0.05) is 38.3 Å². The molecule has 8 heteroatoms. The van der Waals surface area contributed by atoms with Gasteiger partial charge in [-0.1, -0.05) is 30.3 Å². The number of fused-ring (bicyclic) bond motifs is 2. The zero-order chi connectivity index (χ0) is 18.1. The fourth-order valence-corrected chi connectivity index (χ4v) is 3.55. The van der Waals surface area contributed by atoms with Crippen LogP contribution in [-0.2, 0) is 26.1 Å². The Labute approximate surface area is 162 Å². The van der Waals surface area contributed by atoms with Gasteiger partial charge in [0.25, 0.3) is 11.5 Å². The summed E-state index contributed by atoms with van der Waals surface area (Å²) in [6, 6.07) is 9.73. The molecule has 0 radical (unpaired) electrons. The van der Waals surface area contributed by atoms with Gasteiger partial charge in [0.1, 0.15) is 5.56 Å². The average Bonchev–Trinajstić information content (AvgIpc) is 3.13. The lowest BCUT2D eigenvalue weighted by Gasteiger charge is -2.22. The summed E-state index contributed by atoms with van der Waals surface area (Å²) in [5.41, 5.74) is 3.62. The summed E-state index contributed by atoms with van der Waals surface area (Å²) in [6.07, 6.45) is 2.26. The number of amides is 1. The summed E-state index contributed by atoms with van der Waals surface area (Å²) < 4.78 is 3.40. The van der Waals surface area contributed by atoms with Crippen LogP contribution < -0.4 is 16.2 Å². The normalized spacial score (nSPS) is 13.1. The number of halogens is 1. The third-order valence-corrected chi connectivity index (χ3v) is 4.82. The molecular formula is C19H22ClN5O2. The van der Waals surface area contributed by atoms with Gasteiger partial charge in [0.05, 0.1) is 11.8 Å². The quantitative estimate of drug-likeness (QED) is 0.711. The smallest absolute Gasteiger partial charge is 0.279 e. The molecule has 1 aliphatic heterocycles. The van der Waals surface area contributed by atoms with Crippen LogP contribution >= 0.6 is 12.4 Å². The first-order valence-corrected chi connectivity index (χ1v) is 8.85. The molecule has 0 saturated heterocycles. The Morgan fingerprint density at radius 2 is 2.07 bits per heavy atom. The molecule has 0 saturated carbocycles. The van der Waals surface area contributed by atoms with Gasteiger partial charge in [-0.3, -0.25) is 9.59 Å². The molecule has 0 unspecified atom stereocenters. The minimum atomic E-state index is -0.223. The molecule has 3 heterocycles. The highest BCUT2D eigenvalue weighted by molar-refractivity contribution is 5.99. The predicted octanol–water partition coefficient (Wildman–Crippen LogP) is 1.51. The highest BCUT2D eigenvalue weighted by Gasteiger charge is 2.24. The van der Waals surface area contributed by atoms with E-state index in [1.165, 1.54) is 10.7 Å². The molecule has 27 heavy (non-hydrogen) atoms. The summed E-state index contributed by atoms with van der Waals surface area (Å²) in [5.74, 6) is -0.223. The van der Waals surface area contributed by atoms with Gasteiger partial charge < -0.3 is 15.2 Å². The number of hydrogen-bond acceptors (Lipinski definition) is 4. The van der Waals surface area contributed by atoms with Gasteiger partial charge in [-0.15, -0.1) is 12.4 Å². The van der Waals surface area contributed by atoms with Crippen molar-refractivity contribution in [3.05, 3.63) is 69.3 Å². The molecule has 2 aromatic heterocycles. The standard InChI is InChI=1S/C19H21N5O2.ClH/c1-2-23-16-8-9-20-11-14(16)19(26)24-18(23)15(12-22-24)17(25)21-10-13-6-4-3-5-7-13;/h3-7,12,20H,2,8-11H2,1H3,(H,21,25);1H. The van der Waals surface area contributed by atoms with E-state index >= 15 is 0 Å². The third kappa shape index (κ3) is 3.36. The lowest BCUT2D eigenvalue weighted by molar-refractivity contribution is 0.0952. The van der Waals surface area contributed by atoms with E-state index in [2.05, 4.69) is 15.7 Å². The molecule has 4 rings (SSSR count). The van der Waals surface area contributed by atoms with Crippen LogP contribution in [0.15, 0.2) is 41.3 Å². The Hall–Kier alpha value is -2.64. The summed E-state index contributed by atoms with van der Waals surface area (Å²) in [5, 5.41) is 10.4. The van der Waals surface area contributed by atoms with Gasteiger partial charge in [0.15, 0.2) is 5.65 Å².